The van der Waals surface area contributed by atoms with Crippen molar-refractivity contribution < 1.29 is 8.42 Å². The summed E-state index contributed by atoms with van der Waals surface area (Å²) >= 11 is 3.06. The molecule has 3 nitrogen and oxygen atoms in total. The Kier molecular flexibility index (Phi) is 3.93. The molecular weight excluding hydrogens is 322 g/mol. The fourth-order valence-electron chi connectivity index (χ4n) is 2.16. The van der Waals surface area contributed by atoms with E-state index >= 15 is 0 Å². The van der Waals surface area contributed by atoms with E-state index in [0.29, 0.717) is 10.6 Å². The lowest BCUT2D eigenvalue weighted by Gasteiger charge is -2.10. The highest BCUT2D eigenvalue weighted by molar-refractivity contribution is 8.00. The highest BCUT2D eigenvalue weighted by Crippen LogP contribution is 2.33. The van der Waals surface area contributed by atoms with Gasteiger partial charge in [0, 0.05) is 5.39 Å². The van der Waals surface area contributed by atoms with Crippen LogP contribution in [0.15, 0.2) is 63.0 Å². The summed E-state index contributed by atoms with van der Waals surface area (Å²) in [5.41, 5.74) is 0.639. The van der Waals surface area contributed by atoms with Crippen LogP contribution in [-0.2, 0) is 10.0 Å². The van der Waals surface area contributed by atoms with Crippen molar-refractivity contribution in [3.05, 3.63) is 53.9 Å². The van der Waals surface area contributed by atoms with Gasteiger partial charge in [0.15, 0.2) is 0 Å². The van der Waals surface area contributed by atoms with Crippen LogP contribution < -0.4 is 4.72 Å². The van der Waals surface area contributed by atoms with Crippen molar-refractivity contribution in [2.24, 2.45) is 0 Å². The Bertz CT molecular complexity index is 879. The topological polar surface area (TPSA) is 46.2 Å². The van der Waals surface area contributed by atoms with Gasteiger partial charge in [-0.1, -0.05) is 36.4 Å². The van der Waals surface area contributed by atoms with Gasteiger partial charge in [0.05, 0.1) is 14.8 Å². The second-order valence-electron chi connectivity index (χ2n) is 4.41. The third kappa shape index (κ3) is 2.79. The van der Waals surface area contributed by atoms with E-state index in [2.05, 4.69) is 4.72 Å². The lowest BCUT2D eigenvalue weighted by atomic mass is 10.1. The summed E-state index contributed by atoms with van der Waals surface area (Å²) in [6, 6.07) is 14.6. The zero-order valence-electron chi connectivity index (χ0n) is 11.2. The minimum Gasteiger partial charge on any atom is -0.278 e. The molecule has 108 valence electrons. The number of benzene rings is 2. The molecule has 0 aliphatic rings. The molecule has 0 atom stereocenters. The van der Waals surface area contributed by atoms with E-state index in [4.69, 9.17) is 0 Å². The van der Waals surface area contributed by atoms with Crippen molar-refractivity contribution >= 4 is 49.6 Å². The predicted octanol–water partition coefficient (Wildman–Crippen LogP) is 4.42. The second kappa shape index (κ2) is 5.71. The summed E-state index contributed by atoms with van der Waals surface area (Å²) in [4.78, 5) is 0.304. The second-order valence-corrected chi connectivity index (χ2v) is 8.05. The molecule has 3 rings (SSSR count). The first kappa shape index (κ1) is 14.4. The maximum atomic E-state index is 12.7. The summed E-state index contributed by atoms with van der Waals surface area (Å²) in [6.45, 7) is 0. The van der Waals surface area contributed by atoms with E-state index in [9.17, 15) is 8.42 Å². The zero-order chi connectivity index (χ0) is 14.9. The molecular formula is C15H13NO2S3. The molecule has 1 N–H and O–H groups in total. The fourth-order valence-corrected chi connectivity index (χ4v) is 5.06. The number of nitrogens with one attached hydrogen (secondary N) is 1. The van der Waals surface area contributed by atoms with Gasteiger partial charge in [-0.25, -0.2) is 8.42 Å². The van der Waals surface area contributed by atoms with Gasteiger partial charge >= 0.3 is 0 Å². The number of sulfonamides is 1. The van der Waals surface area contributed by atoms with Crippen LogP contribution in [-0.4, -0.2) is 14.7 Å². The van der Waals surface area contributed by atoms with Crippen LogP contribution in [0.2, 0.25) is 0 Å². The minimum atomic E-state index is -3.60. The number of thiophene rings is 1. The van der Waals surface area contributed by atoms with Gasteiger partial charge in [0.1, 0.15) is 0 Å². The molecule has 0 saturated heterocycles. The molecule has 0 aliphatic heterocycles. The third-order valence-corrected chi connectivity index (χ3v) is 6.61. The van der Waals surface area contributed by atoms with Crippen molar-refractivity contribution in [1.82, 2.24) is 0 Å². The van der Waals surface area contributed by atoms with Crippen molar-refractivity contribution in [3.63, 3.8) is 0 Å². The smallest absolute Gasteiger partial charge is 0.262 e. The van der Waals surface area contributed by atoms with Gasteiger partial charge in [0.25, 0.3) is 10.0 Å². The predicted molar refractivity (Wildman–Crippen MR) is 90.9 cm³/mol. The normalized spacial score (nSPS) is 11.7. The first-order valence-electron chi connectivity index (χ1n) is 6.24. The Hall–Kier alpha value is -1.50. The van der Waals surface area contributed by atoms with Crippen molar-refractivity contribution in [2.75, 3.05) is 11.0 Å². The third-order valence-electron chi connectivity index (χ3n) is 3.10. The number of rotatable bonds is 4. The highest BCUT2D eigenvalue weighted by Gasteiger charge is 2.18. The molecule has 21 heavy (non-hydrogen) atoms. The molecule has 0 unspecified atom stereocenters. The SMILES string of the molecule is CSc1sccc1NS(=O)(=O)c1cccc2ccccc12. The molecule has 2 aromatic carbocycles. The van der Waals surface area contributed by atoms with Crippen LogP contribution in [0.1, 0.15) is 0 Å². The van der Waals surface area contributed by atoms with Crippen molar-refractivity contribution in [3.8, 4) is 0 Å². The molecule has 3 aromatic rings. The minimum absolute atomic E-state index is 0.304. The Labute approximate surface area is 132 Å². The average Bonchev–Trinajstić information content (AvgIpc) is 2.93. The molecule has 0 saturated carbocycles. The van der Waals surface area contributed by atoms with Crippen LogP contribution in [0.4, 0.5) is 5.69 Å². The number of hydrogen-bond acceptors (Lipinski definition) is 4. The van der Waals surface area contributed by atoms with Crippen LogP contribution in [0.3, 0.4) is 0 Å². The Morgan fingerprint density at radius 3 is 2.62 bits per heavy atom. The summed E-state index contributed by atoms with van der Waals surface area (Å²) in [5, 5.41) is 3.52. The standard InChI is InChI=1S/C15H13NO2S3/c1-19-15-13(9-10-20-15)16-21(17,18)14-8-4-6-11-5-2-3-7-12(11)14/h2-10,16H,1H3. The van der Waals surface area contributed by atoms with Gasteiger partial charge in [0.2, 0.25) is 0 Å². The van der Waals surface area contributed by atoms with Gasteiger partial charge < -0.3 is 0 Å². The van der Waals surface area contributed by atoms with E-state index in [1.54, 1.807) is 18.2 Å². The molecule has 1 aromatic heterocycles. The molecule has 0 spiro atoms. The summed E-state index contributed by atoms with van der Waals surface area (Å²) < 4.78 is 29.0. The average molecular weight is 335 g/mol. The number of hydrogen-bond donors (Lipinski definition) is 1. The highest BCUT2D eigenvalue weighted by atomic mass is 32.2. The molecule has 0 bridgehead atoms. The molecule has 0 amide bonds. The van der Waals surface area contributed by atoms with Crippen molar-refractivity contribution in [2.45, 2.75) is 9.10 Å². The lowest BCUT2D eigenvalue weighted by Crippen LogP contribution is -2.13. The number of fused-ring (bicyclic) bond motifs is 1. The van der Waals surface area contributed by atoms with Crippen LogP contribution >= 0.6 is 23.1 Å². The summed E-state index contributed by atoms with van der Waals surface area (Å²) in [6.07, 6.45) is 1.93. The molecule has 0 fully saturated rings. The monoisotopic (exact) mass is 335 g/mol. The van der Waals surface area contributed by atoms with Gasteiger partial charge in [-0.15, -0.1) is 23.1 Å². The fraction of sp³-hybridized carbons (Fsp3) is 0.0667. The molecule has 1 heterocycles. The Morgan fingerprint density at radius 1 is 1.05 bits per heavy atom. The quantitative estimate of drug-likeness (QED) is 0.718. The number of anilines is 1. The first-order valence-corrected chi connectivity index (χ1v) is 9.82. The molecule has 6 heteroatoms. The Balaban J connectivity index is 2.09. The largest absolute Gasteiger partial charge is 0.278 e. The van der Waals surface area contributed by atoms with Gasteiger partial charge in [-0.05, 0) is 29.2 Å². The van der Waals surface area contributed by atoms with Gasteiger partial charge in [-0.3, -0.25) is 4.72 Å². The maximum absolute atomic E-state index is 12.7. The lowest BCUT2D eigenvalue weighted by molar-refractivity contribution is 0.602. The molecule has 0 radical (unpaired) electrons. The summed E-state index contributed by atoms with van der Waals surface area (Å²) in [7, 11) is -3.60. The van der Waals surface area contributed by atoms with Crippen LogP contribution in [0.25, 0.3) is 10.8 Å². The summed E-state index contributed by atoms with van der Waals surface area (Å²) in [5.74, 6) is 0. The van der Waals surface area contributed by atoms with E-state index in [1.807, 2.05) is 42.0 Å². The molecule has 0 aliphatic carbocycles. The Morgan fingerprint density at radius 2 is 1.81 bits per heavy atom. The van der Waals surface area contributed by atoms with Crippen LogP contribution in [0, 0.1) is 0 Å². The van der Waals surface area contributed by atoms with Gasteiger partial charge in [-0.2, -0.15) is 0 Å². The maximum Gasteiger partial charge on any atom is 0.262 e. The van der Waals surface area contributed by atoms with E-state index in [-0.39, 0.29) is 0 Å². The number of thioether (sulfide) groups is 1. The first-order chi connectivity index (χ1) is 10.1. The van der Waals surface area contributed by atoms with E-state index in [1.165, 1.54) is 23.1 Å². The zero-order valence-corrected chi connectivity index (χ0v) is 13.7. The van der Waals surface area contributed by atoms with Crippen LogP contribution in [0.5, 0.6) is 0 Å². The van der Waals surface area contributed by atoms with E-state index < -0.39 is 10.0 Å². The van der Waals surface area contributed by atoms with E-state index in [0.717, 1.165) is 15.0 Å². The van der Waals surface area contributed by atoms with Crippen molar-refractivity contribution in [1.29, 1.82) is 0 Å².